The van der Waals surface area contributed by atoms with Gasteiger partial charge in [-0.2, -0.15) is 0 Å². The molecular formula is C21H29N7O3. The van der Waals surface area contributed by atoms with Crippen molar-refractivity contribution in [1.82, 2.24) is 14.9 Å². The fraction of sp³-hybridized carbons (Fsp3) is 0.429. The van der Waals surface area contributed by atoms with Gasteiger partial charge < -0.3 is 26.8 Å². The van der Waals surface area contributed by atoms with Gasteiger partial charge in [-0.3, -0.25) is 14.5 Å². The molecule has 0 radical (unpaired) electrons. The molecule has 1 aromatic carbocycles. The lowest BCUT2D eigenvalue weighted by Crippen LogP contribution is -2.39. The maximum Gasteiger partial charge on any atom is 0.271 e. The van der Waals surface area contributed by atoms with Gasteiger partial charge in [0.15, 0.2) is 11.5 Å². The van der Waals surface area contributed by atoms with Crippen molar-refractivity contribution in [3.05, 3.63) is 41.7 Å². The van der Waals surface area contributed by atoms with Crippen LogP contribution < -0.4 is 22.1 Å². The van der Waals surface area contributed by atoms with Crippen LogP contribution in [0.3, 0.4) is 0 Å². The van der Waals surface area contributed by atoms with Crippen LogP contribution in [-0.4, -0.2) is 59.0 Å². The van der Waals surface area contributed by atoms with E-state index in [1.165, 1.54) is 11.8 Å². The van der Waals surface area contributed by atoms with Gasteiger partial charge in [-0.1, -0.05) is 26.0 Å². The number of nitrogens with two attached hydrogens (primary N) is 2. The Kier molecular flexibility index (Phi) is 7.37. The molecule has 0 aliphatic carbocycles. The number of nitrogens with zero attached hydrogens (tertiary/aromatic N) is 3. The van der Waals surface area contributed by atoms with E-state index in [-0.39, 0.29) is 17.4 Å². The molecule has 31 heavy (non-hydrogen) atoms. The van der Waals surface area contributed by atoms with Crippen LogP contribution in [0, 0.1) is 5.92 Å². The van der Waals surface area contributed by atoms with Gasteiger partial charge in [0, 0.05) is 25.3 Å². The van der Waals surface area contributed by atoms with Gasteiger partial charge in [0.05, 0.1) is 19.4 Å². The number of nitrogens with one attached hydrogen (secondary N) is 2. The topological polar surface area (TPSA) is 148 Å². The molecule has 1 fully saturated rings. The fourth-order valence-corrected chi connectivity index (χ4v) is 3.30. The molecule has 1 aliphatic heterocycles. The molecule has 6 N–H and O–H groups in total. The lowest BCUT2D eigenvalue weighted by molar-refractivity contribution is -0.119. The molecule has 1 aliphatic rings. The monoisotopic (exact) mass is 427 g/mol. The molecule has 1 saturated heterocycles. The highest BCUT2D eigenvalue weighted by Gasteiger charge is 2.21. The van der Waals surface area contributed by atoms with Crippen LogP contribution in [0.15, 0.2) is 30.5 Å². The Morgan fingerprint density at radius 1 is 1.16 bits per heavy atom. The second-order valence-electron chi connectivity index (χ2n) is 7.80. The Labute approximate surface area is 181 Å². The quantitative estimate of drug-likeness (QED) is 0.464. The van der Waals surface area contributed by atoms with Crippen molar-refractivity contribution in [2.24, 2.45) is 17.4 Å². The number of benzene rings is 1. The van der Waals surface area contributed by atoms with E-state index < -0.39 is 17.9 Å². The van der Waals surface area contributed by atoms with Crippen LogP contribution in [0.1, 0.15) is 29.9 Å². The third-order valence-electron chi connectivity index (χ3n) is 5.01. The summed E-state index contributed by atoms with van der Waals surface area (Å²) < 4.78 is 5.38. The molecule has 1 aromatic heterocycles. The largest absolute Gasteiger partial charge is 0.379 e. The molecular weight excluding hydrogens is 398 g/mol. The molecule has 10 nitrogen and oxygen atoms in total. The van der Waals surface area contributed by atoms with Crippen molar-refractivity contribution in [2.75, 3.05) is 36.9 Å². The van der Waals surface area contributed by atoms with Crippen molar-refractivity contribution in [3.63, 3.8) is 0 Å². The number of primary amides is 2. The molecule has 3 rings (SSSR count). The number of morpholine rings is 1. The summed E-state index contributed by atoms with van der Waals surface area (Å²) >= 11 is 0. The summed E-state index contributed by atoms with van der Waals surface area (Å²) in [4.78, 5) is 34.3. The maximum atomic E-state index is 11.8. The summed E-state index contributed by atoms with van der Waals surface area (Å²) in [6.45, 7) is 7.92. The van der Waals surface area contributed by atoms with Crippen LogP contribution in [0.5, 0.6) is 0 Å². The van der Waals surface area contributed by atoms with E-state index in [2.05, 4.69) is 25.5 Å². The van der Waals surface area contributed by atoms with Gasteiger partial charge >= 0.3 is 0 Å². The van der Waals surface area contributed by atoms with E-state index >= 15 is 0 Å². The Morgan fingerprint density at radius 2 is 1.84 bits per heavy atom. The molecule has 166 valence electrons. The number of ether oxygens (including phenoxy) is 1. The lowest BCUT2D eigenvalue weighted by Gasteiger charge is -2.26. The van der Waals surface area contributed by atoms with Gasteiger partial charge in [0.25, 0.3) is 5.91 Å². The second-order valence-corrected chi connectivity index (χ2v) is 7.80. The third kappa shape index (κ3) is 6.12. The average Bonchev–Trinajstić information content (AvgIpc) is 2.73. The predicted octanol–water partition coefficient (Wildman–Crippen LogP) is 1.07. The van der Waals surface area contributed by atoms with Crippen molar-refractivity contribution >= 4 is 29.1 Å². The first-order chi connectivity index (χ1) is 14.8. The summed E-state index contributed by atoms with van der Waals surface area (Å²) in [5.41, 5.74) is 12.8. The highest BCUT2D eigenvalue weighted by atomic mass is 16.5. The van der Waals surface area contributed by atoms with E-state index in [9.17, 15) is 9.59 Å². The predicted molar refractivity (Wildman–Crippen MR) is 118 cm³/mol. The summed E-state index contributed by atoms with van der Waals surface area (Å²) in [5.74, 6) is -0.744. The van der Waals surface area contributed by atoms with E-state index in [4.69, 9.17) is 16.2 Å². The average molecular weight is 428 g/mol. The van der Waals surface area contributed by atoms with Crippen molar-refractivity contribution in [2.45, 2.75) is 26.4 Å². The van der Waals surface area contributed by atoms with Crippen LogP contribution in [0.2, 0.25) is 0 Å². The minimum Gasteiger partial charge on any atom is -0.379 e. The number of carbonyl (C=O) groups excluding carboxylic acids is 2. The summed E-state index contributed by atoms with van der Waals surface area (Å²) in [6.07, 6.45) is 1.36. The number of amides is 2. The Bertz CT molecular complexity index is 912. The van der Waals surface area contributed by atoms with Crippen molar-refractivity contribution in [1.29, 1.82) is 0 Å². The van der Waals surface area contributed by atoms with Gasteiger partial charge in [-0.15, -0.1) is 0 Å². The number of rotatable bonds is 9. The second kappa shape index (κ2) is 10.2. The molecule has 2 heterocycles. The zero-order chi connectivity index (χ0) is 22.4. The number of carbonyl (C=O) groups is 2. The first-order valence-corrected chi connectivity index (χ1v) is 10.2. The van der Waals surface area contributed by atoms with Crippen LogP contribution in [0.25, 0.3) is 0 Å². The van der Waals surface area contributed by atoms with E-state index in [0.717, 1.165) is 38.5 Å². The first-order valence-electron chi connectivity index (χ1n) is 10.2. The van der Waals surface area contributed by atoms with Gasteiger partial charge in [-0.05, 0) is 23.6 Å². The normalized spacial score (nSPS) is 15.5. The Balaban J connectivity index is 1.75. The summed E-state index contributed by atoms with van der Waals surface area (Å²) in [7, 11) is 0. The van der Waals surface area contributed by atoms with E-state index in [0.29, 0.717) is 5.82 Å². The van der Waals surface area contributed by atoms with Crippen LogP contribution in [0.4, 0.5) is 17.3 Å². The molecule has 0 saturated carbocycles. The van der Waals surface area contributed by atoms with E-state index in [1.54, 1.807) is 0 Å². The van der Waals surface area contributed by atoms with Gasteiger partial charge in [0.1, 0.15) is 11.9 Å². The fourth-order valence-electron chi connectivity index (χ4n) is 3.30. The molecule has 1 unspecified atom stereocenters. The minimum atomic E-state index is -0.708. The molecule has 1 atom stereocenters. The molecule has 2 aromatic rings. The maximum absolute atomic E-state index is 11.8. The lowest BCUT2D eigenvalue weighted by atomic mass is 10.0. The minimum absolute atomic E-state index is 0.00288. The highest BCUT2D eigenvalue weighted by molar-refractivity contribution is 5.96. The van der Waals surface area contributed by atoms with Crippen LogP contribution in [-0.2, 0) is 16.1 Å². The number of hydrogen-bond acceptors (Lipinski definition) is 8. The summed E-state index contributed by atoms with van der Waals surface area (Å²) in [5, 5.41) is 6.06. The molecule has 10 heteroatoms. The number of aromatic nitrogens is 2. The highest BCUT2D eigenvalue weighted by Crippen LogP contribution is 2.21. The Hall–Kier alpha value is -3.24. The zero-order valence-corrected chi connectivity index (χ0v) is 17.8. The standard InChI is InChI=1S/C21H29N7O3/c1-13(2)17(19(22)29)26-16-11-24-18(20(23)30)21(27-16)25-15-5-3-14(4-6-15)12-28-7-9-31-10-8-28/h3-6,11,13,17H,7-10,12H2,1-2H3,(H2,22,29)(H2,23,30)(H2,25,26,27). The zero-order valence-electron chi connectivity index (χ0n) is 17.8. The van der Waals surface area contributed by atoms with E-state index in [1.807, 2.05) is 38.1 Å². The smallest absolute Gasteiger partial charge is 0.271 e. The Morgan fingerprint density at radius 3 is 2.42 bits per heavy atom. The molecule has 0 spiro atoms. The third-order valence-corrected chi connectivity index (χ3v) is 5.01. The van der Waals surface area contributed by atoms with Crippen molar-refractivity contribution < 1.29 is 14.3 Å². The first kappa shape index (κ1) is 22.4. The van der Waals surface area contributed by atoms with Gasteiger partial charge in [0.2, 0.25) is 5.91 Å². The van der Waals surface area contributed by atoms with Crippen molar-refractivity contribution in [3.8, 4) is 0 Å². The van der Waals surface area contributed by atoms with Gasteiger partial charge in [-0.25, -0.2) is 9.97 Å². The molecule has 2 amide bonds. The molecule has 0 bridgehead atoms. The van der Waals surface area contributed by atoms with Crippen LogP contribution >= 0.6 is 0 Å². The summed E-state index contributed by atoms with van der Waals surface area (Å²) in [6, 6.07) is 7.21. The number of anilines is 3. The number of hydrogen-bond donors (Lipinski definition) is 4. The SMILES string of the molecule is CC(C)C(Nc1cnc(C(N)=O)c(Nc2ccc(CN3CCOCC3)cc2)n1)C(N)=O.